The van der Waals surface area contributed by atoms with E-state index in [1.807, 2.05) is 0 Å². The van der Waals surface area contributed by atoms with Gasteiger partial charge in [0, 0.05) is 17.1 Å². The van der Waals surface area contributed by atoms with E-state index in [1.165, 1.54) is 11.4 Å². The molecule has 0 bridgehead atoms. The number of nitrogens with two attached hydrogens (primary N) is 1. The third-order valence-electron chi connectivity index (χ3n) is 2.97. The zero-order valence-corrected chi connectivity index (χ0v) is 14.4. The molecule has 2 rings (SSSR count). The summed E-state index contributed by atoms with van der Waals surface area (Å²) in [6, 6.07) is 13.3. The maximum atomic E-state index is 12.6. The highest BCUT2D eigenvalue weighted by molar-refractivity contribution is 9.10. The molecule has 110 valence electrons. The van der Waals surface area contributed by atoms with Crippen molar-refractivity contribution < 1.29 is 8.42 Å². The summed E-state index contributed by atoms with van der Waals surface area (Å²) < 4.78 is 27.2. The van der Waals surface area contributed by atoms with Gasteiger partial charge in [0.1, 0.15) is 4.99 Å². The molecular weight excluding hydrogens is 372 g/mol. The molecule has 2 aromatic rings. The topological polar surface area (TPSA) is 63.4 Å². The molecular formula is C14H13BrN2O2S2. The van der Waals surface area contributed by atoms with E-state index < -0.39 is 10.0 Å². The second-order valence-corrected chi connectivity index (χ2v) is 7.67. The molecule has 2 aromatic carbocycles. The zero-order chi connectivity index (χ0) is 15.6. The molecule has 0 aliphatic rings. The van der Waals surface area contributed by atoms with Gasteiger partial charge in [-0.25, -0.2) is 8.42 Å². The minimum absolute atomic E-state index is 0.217. The van der Waals surface area contributed by atoms with Crippen LogP contribution in [0, 0.1) is 0 Å². The SMILES string of the molecule is CN(c1cccc(C(N)=S)c1)S(=O)(=O)c1ccc(Br)cc1. The van der Waals surface area contributed by atoms with Crippen LogP contribution < -0.4 is 10.0 Å². The van der Waals surface area contributed by atoms with Crippen LogP contribution in [0.15, 0.2) is 57.9 Å². The maximum Gasteiger partial charge on any atom is 0.264 e. The van der Waals surface area contributed by atoms with Crippen LogP contribution in [0.2, 0.25) is 0 Å². The molecule has 0 aliphatic heterocycles. The highest BCUT2D eigenvalue weighted by atomic mass is 79.9. The van der Waals surface area contributed by atoms with Crippen molar-refractivity contribution in [3.05, 3.63) is 58.6 Å². The molecule has 0 spiro atoms. The van der Waals surface area contributed by atoms with Crippen molar-refractivity contribution in [1.82, 2.24) is 0 Å². The fourth-order valence-corrected chi connectivity index (χ4v) is 3.34. The van der Waals surface area contributed by atoms with Crippen LogP contribution in [0.1, 0.15) is 5.56 Å². The van der Waals surface area contributed by atoms with Crippen molar-refractivity contribution in [3.8, 4) is 0 Å². The van der Waals surface area contributed by atoms with Gasteiger partial charge >= 0.3 is 0 Å². The number of hydrogen-bond acceptors (Lipinski definition) is 3. The number of thiocarbonyl (C=S) groups is 1. The summed E-state index contributed by atoms with van der Waals surface area (Å²) in [5, 5.41) is 0. The Morgan fingerprint density at radius 3 is 2.38 bits per heavy atom. The molecule has 0 radical (unpaired) electrons. The van der Waals surface area contributed by atoms with Gasteiger partial charge in [-0.3, -0.25) is 4.31 Å². The summed E-state index contributed by atoms with van der Waals surface area (Å²) in [6.45, 7) is 0. The molecule has 0 heterocycles. The normalized spacial score (nSPS) is 11.1. The van der Waals surface area contributed by atoms with Crippen LogP contribution in [0.25, 0.3) is 0 Å². The van der Waals surface area contributed by atoms with Crippen LogP contribution in [-0.4, -0.2) is 20.5 Å². The van der Waals surface area contributed by atoms with Crippen molar-refractivity contribution in [2.24, 2.45) is 5.73 Å². The first-order valence-electron chi connectivity index (χ1n) is 5.97. The number of hydrogen-bond donors (Lipinski definition) is 1. The van der Waals surface area contributed by atoms with Crippen molar-refractivity contribution in [3.63, 3.8) is 0 Å². The number of rotatable bonds is 4. The molecule has 0 unspecified atom stereocenters. The van der Waals surface area contributed by atoms with Crippen LogP contribution in [0.5, 0.6) is 0 Å². The highest BCUT2D eigenvalue weighted by Crippen LogP contribution is 2.24. The first-order chi connectivity index (χ1) is 9.82. The zero-order valence-electron chi connectivity index (χ0n) is 11.2. The number of sulfonamides is 1. The summed E-state index contributed by atoms with van der Waals surface area (Å²) in [5.74, 6) is 0. The van der Waals surface area contributed by atoms with Gasteiger partial charge in [-0.1, -0.05) is 40.3 Å². The summed E-state index contributed by atoms with van der Waals surface area (Å²) in [7, 11) is -2.13. The Balaban J connectivity index is 2.43. The molecule has 21 heavy (non-hydrogen) atoms. The number of halogens is 1. The molecule has 0 amide bonds. The third-order valence-corrected chi connectivity index (χ3v) is 5.53. The van der Waals surface area contributed by atoms with Gasteiger partial charge in [0.25, 0.3) is 10.0 Å². The number of anilines is 1. The van der Waals surface area contributed by atoms with E-state index in [0.717, 1.165) is 4.47 Å². The standard InChI is InChI=1S/C14H13BrN2O2S2/c1-17(12-4-2-3-10(9-12)14(16)20)21(18,19)13-7-5-11(15)6-8-13/h2-9H,1H3,(H2,16,20). The molecule has 0 aromatic heterocycles. The van der Waals surface area contributed by atoms with Crippen molar-refractivity contribution in [2.75, 3.05) is 11.4 Å². The van der Waals surface area contributed by atoms with Gasteiger partial charge in [0.15, 0.2) is 0 Å². The van der Waals surface area contributed by atoms with Crippen LogP contribution >= 0.6 is 28.1 Å². The predicted octanol–water partition coefficient (Wildman–Crippen LogP) is 2.91. The van der Waals surface area contributed by atoms with Crippen molar-refractivity contribution in [2.45, 2.75) is 4.90 Å². The van der Waals surface area contributed by atoms with E-state index >= 15 is 0 Å². The summed E-state index contributed by atoms with van der Waals surface area (Å²) in [6.07, 6.45) is 0. The lowest BCUT2D eigenvalue weighted by atomic mass is 10.2. The van der Waals surface area contributed by atoms with Gasteiger partial charge in [0.2, 0.25) is 0 Å². The third kappa shape index (κ3) is 3.42. The lowest BCUT2D eigenvalue weighted by Gasteiger charge is -2.20. The average Bonchev–Trinajstić information content (AvgIpc) is 2.47. The minimum Gasteiger partial charge on any atom is -0.389 e. The monoisotopic (exact) mass is 384 g/mol. The maximum absolute atomic E-state index is 12.6. The summed E-state index contributed by atoms with van der Waals surface area (Å²) in [4.78, 5) is 0.445. The van der Waals surface area contributed by atoms with E-state index in [-0.39, 0.29) is 9.88 Å². The van der Waals surface area contributed by atoms with Gasteiger partial charge in [0.05, 0.1) is 10.6 Å². The van der Waals surface area contributed by atoms with E-state index in [1.54, 1.807) is 48.5 Å². The largest absolute Gasteiger partial charge is 0.389 e. The van der Waals surface area contributed by atoms with Crippen LogP contribution in [-0.2, 0) is 10.0 Å². The molecule has 2 N–H and O–H groups in total. The minimum atomic E-state index is -3.62. The predicted molar refractivity (Wildman–Crippen MR) is 92.1 cm³/mol. The molecule has 0 atom stereocenters. The molecule has 0 aliphatic carbocycles. The van der Waals surface area contributed by atoms with Crippen LogP contribution in [0.3, 0.4) is 0 Å². The Bertz CT molecular complexity index is 774. The van der Waals surface area contributed by atoms with Gasteiger partial charge in [-0.05, 0) is 36.4 Å². The molecule has 0 fully saturated rings. The first-order valence-corrected chi connectivity index (χ1v) is 8.61. The number of benzene rings is 2. The summed E-state index contributed by atoms with van der Waals surface area (Å²) >= 11 is 8.20. The van der Waals surface area contributed by atoms with Crippen LogP contribution in [0.4, 0.5) is 5.69 Å². The first kappa shape index (κ1) is 15.9. The Labute approximate surface area is 137 Å². The fraction of sp³-hybridized carbons (Fsp3) is 0.0714. The fourth-order valence-electron chi connectivity index (χ4n) is 1.76. The molecule has 7 heteroatoms. The average molecular weight is 385 g/mol. The Morgan fingerprint density at radius 1 is 1.19 bits per heavy atom. The van der Waals surface area contributed by atoms with E-state index in [2.05, 4.69) is 15.9 Å². The molecule has 0 saturated carbocycles. The Hall–Kier alpha value is -1.44. The Kier molecular flexibility index (Phi) is 4.65. The summed E-state index contributed by atoms with van der Waals surface area (Å²) in [5.41, 5.74) is 6.71. The van der Waals surface area contributed by atoms with Gasteiger partial charge in [-0.2, -0.15) is 0 Å². The number of nitrogens with zero attached hydrogens (tertiary/aromatic N) is 1. The lowest BCUT2D eigenvalue weighted by molar-refractivity contribution is 0.594. The highest BCUT2D eigenvalue weighted by Gasteiger charge is 2.21. The van der Waals surface area contributed by atoms with Crippen molar-refractivity contribution in [1.29, 1.82) is 0 Å². The molecule has 4 nitrogen and oxygen atoms in total. The second kappa shape index (κ2) is 6.13. The quantitative estimate of drug-likeness (QED) is 0.823. The van der Waals surface area contributed by atoms with E-state index in [0.29, 0.717) is 11.3 Å². The molecule has 0 saturated heterocycles. The second-order valence-electron chi connectivity index (χ2n) is 4.34. The van der Waals surface area contributed by atoms with Gasteiger partial charge in [-0.15, -0.1) is 0 Å². The van der Waals surface area contributed by atoms with E-state index in [9.17, 15) is 8.42 Å². The van der Waals surface area contributed by atoms with E-state index in [4.69, 9.17) is 18.0 Å². The lowest BCUT2D eigenvalue weighted by Crippen LogP contribution is -2.26. The van der Waals surface area contributed by atoms with Gasteiger partial charge < -0.3 is 5.73 Å². The smallest absolute Gasteiger partial charge is 0.264 e. The Morgan fingerprint density at radius 2 is 1.81 bits per heavy atom. The van der Waals surface area contributed by atoms with Crippen molar-refractivity contribution >= 4 is 48.8 Å².